The summed E-state index contributed by atoms with van der Waals surface area (Å²) in [5.41, 5.74) is 1.46. The standard InChI is InChI=1S/C26H41N7O2S/c1-20(12-19-35-4)29-24(34)26-30-22(25(28-2)36-26)23(27)33(21-10-6-5-7-11-21)14-9-8-13-32-17-15-31(3)16-18-32/h5-7,10-11,20,27-28H,8-9,12-19H2,1-4H3,(H,29,34). The van der Waals surface area contributed by atoms with Gasteiger partial charge in [-0.15, -0.1) is 0 Å². The van der Waals surface area contributed by atoms with E-state index in [0.717, 1.165) is 57.7 Å². The van der Waals surface area contributed by atoms with Crippen LogP contribution in [0.15, 0.2) is 30.3 Å². The zero-order valence-corrected chi connectivity index (χ0v) is 22.9. The SMILES string of the molecule is CNc1sc(C(=O)NC(C)CCOC)nc1C(=N)N(CCCCN1CCN(C)CC1)c1ccccc1. The molecule has 3 rings (SSSR count). The van der Waals surface area contributed by atoms with Gasteiger partial charge in [0.1, 0.15) is 10.7 Å². The molecule has 0 aliphatic carbocycles. The first kappa shape index (κ1) is 28.0. The minimum atomic E-state index is -0.224. The molecule has 0 radical (unpaired) electrons. The maximum atomic E-state index is 12.8. The van der Waals surface area contributed by atoms with Gasteiger partial charge in [-0.1, -0.05) is 29.5 Å². The number of amides is 1. The number of thiazole rings is 1. The van der Waals surface area contributed by atoms with Gasteiger partial charge in [0, 0.05) is 65.2 Å². The summed E-state index contributed by atoms with van der Waals surface area (Å²) in [6, 6.07) is 9.97. The van der Waals surface area contributed by atoms with Crippen molar-refractivity contribution in [3.8, 4) is 0 Å². The quantitative estimate of drug-likeness (QED) is 0.214. The number of nitrogens with zero attached hydrogens (tertiary/aromatic N) is 4. The predicted octanol–water partition coefficient (Wildman–Crippen LogP) is 3.20. The van der Waals surface area contributed by atoms with Crippen molar-refractivity contribution in [2.45, 2.75) is 32.2 Å². The maximum absolute atomic E-state index is 12.8. The largest absolute Gasteiger partial charge is 0.385 e. The Morgan fingerprint density at radius 3 is 2.61 bits per heavy atom. The summed E-state index contributed by atoms with van der Waals surface area (Å²) in [6.07, 6.45) is 2.77. The summed E-state index contributed by atoms with van der Waals surface area (Å²) in [4.78, 5) is 24.3. The second-order valence-corrected chi connectivity index (χ2v) is 10.3. The van der Waals surface area contributed by atoms with Crippen LogP contribution < -0.4 is 15.5 Å². The van der Waals surface area contributed by atoms with Crippen molar-refractivity contribution in [1.82, 2.24) is 20.1 Å². The average molecular weight is 516 g/mol. The van der Waals surface area contributed by atoms with Crippen LogP contribution in [0.3, 0.4) is 0 Å². The van der Waals surface area contributed by atoms with Crippen LogP contribution in [0.5, 0.6) is 0 Å². The van der Waals surface area contributed by atoms with E-state index in [1.165, 1.54) is 11.3 Å². The van der Waals surface area contributed by atoms with Gasteiger partial charge in [0.25, 0.3) is 5.91 Å². The molecule has 0 saturated carbocycles. The number of nitrogens with one attached hydrogen (secondary N) is 3. The van der Waals surface area contributed by atoms with Gasteiger partial charge in [0.05, 0.1) is 0 Å². The van der Waals surface area contributed by atoms with Crippen LogP contribution >= 0.6 is 11.3 Å². The van der Waals surface area contributed by atoms with Crippen molar-refractivity contribution in [2.75, 3.05) is 77.3 Å². The minimum Gasteiger partial charge on any atom is -0.385 e. The Bertz CT molecular complexity index is 960. The summed E-state index contributed by atoms with van der Waals surface area (Å²) in [6.45, 7) is 8.81. The fraction of sp³-hybridized carbons (Fsp3) is 0.577. The van der Waals surface area contributed by atoms with Crippen molar-refractivity contribution >= 4 is 33.8 Å². The minimum absolute atomic E-state index is 0.0246. The van der Waals surface area contributed by atoms with E-state index >= 15 is 0 Å². The number of carbonyl (C=O) groups excluding carboxylic acids is 1. The third-order valence-electron chi connectivity index (χ3n) is 6.44. The third-order valence-corrected chi connectivity index (χ3v) is 7.52. The molecule has 1 aromatic carbocycles. The number of ether oxygens (including phenoxy) is 1. The Morgan fingerprint density at radius 1 is 1.22 bits per heavy atom. The number of hydrogen-bond acceptors (Lipinski definition) is 8. The molecular formula is C26H41N7O2S. The number of carbonyl (C=O) groups is 1. The van der Waals surface area contributed by atoms with Crippen LogP contribution in [0.4, 0.5) is 10.7 Å². The molecule has 9 nitrogen and oxygen atoms in total. The number of unbranched alkanes of at least 4 members (excludes halogenated alkanes) is 1. The lowest BCUT2D eigenvalue weighted by atomic mass is 10.2. The van der Waals surface area contributed by atoms with Crippen LogP contribution in [0.25, 0.3) is 0 Å². The number of piperazine rings is 1. The van der Waals surface area contributed by atoms with E-state index in [2.05, 4.69) is 32.5 Å². The monoisotopic (exact) mass is 515 g/mol. The smallest absolute Gasteiger partial charge is 0.280 e. The molecule has 0 spiro atoms. The highest BCUT2D eigenvalue weighted by molar-refractivity contribution is 7.18. The van der Waals surface area contributed by atoms with E-state index in [1.54, 1.807) is 14.2 Å². The topological polar surface area (TPSA) is 96.8 Å². The third kappa shape index (κ3) is 7.99. The number of methoxy groups -OCH3 is 1. The van der Waals surface area contributed by atoms with E-state index in [4.69, 9.17) is 10.1 Å². The van der Waals surface area contributed by atoms with E-state index in [1.807, 2.05) is 42.2 Å². The number of aromatic nitrogens is 1. The molecule has 2 heterocycles. The number of amidine groups is 1. The summed E-state index contributed by atoms with van der Waals surface area (Å²) in [5.74, 6) is 0.0745. The Morgan fingerprint density at radius 2 is 1.94 bits per heavy atom. The van der Waals surface area contributed by atoms with Gasteiger partial charge in [-0.2, -0.15) is 0 Å². The molecule has 1 unspecified atom stereocenters. The number of benzene rings is 1. The highest BCUT2D eigenvalue weighted by atomic mass is 32.1. The number of rotatable bonds is 13. The van der Waals surface area contributed by atoms with Crippen LogP contribution in [-0.2, 0) is 4.74 Å². The van der Waals surface area contributed by atoms with Gasteiger partial charge in [-0.3, -0.25) is 10.2 Å². The van der Waals surface area contributed by atoms with E-state index < -0.39 is 0 Å². The number of hydrogen-bond donors (Lipinski definition) is 3. The molecule has 1 aliphatic rings. The highest BCUT2D eigenvalue weighted by Gasteiger charge is 2.24. The van der Waals surface area contributed by atoms with Gasteiger partial charge in [0.15, 0.2) is 10.8 Å². The predicted molar refractivity (Wildman–Crippen MR) is 149 cm³/mol. The van der Waals surface area contributed by atoms with Crippen LogP contribution in [-0.4, -0.2) is 99.6 Å². The van der Waals surface area contributed by atoms with E-state index in [0.29, 0.717) is 34.7 Å². The molecule has 3 N–H and O–H groups in total. The molecule has 1 atom stereocenters. The Labute approximate surface area is 219 Å². The van der Waals surface area contributed by atoms with Gasteiger partial charge in [0.2, 0.25) is 0 Å². The molecule has 1 aromatic heterocycles. The van der Waals surface area contributed by atoms with E-state index in [9.17, 15) is 4.79 Å². The molecule has 1 aliphatic heterocycles. The first-order valence-electron chi connectivity index (χ1n) is 12.7. The van der Waals surface area contributed by atoms with Crippen LogP contribution in [0, 0.1) is 5.41 Å². The Kier molecular flexibility index (Phi) is 11.1. The molecule has 36 heavy (non-hydrogen) atoms. The fourth-order valence-electron chi connectivity index (χ4n) is 4.18. The van der Waals surface area contributed by atoms with Gasteiger partial charge >= 0.3 is 0 Å². The van der Waals surface area contributed by atoms with Crippen LogP contribution in [0.2, 0.25) is 0 Å². The first-order chi connectivity index (χ1) is 17.4. The van der Waals surface area contributed by atoms with Gasteiger partial charge < -0.3 is 30.1 Å². The highest BCUT2D eigenvalue weighted by Crippen LogP contribution is 2.28. The lowest BCUT2D eigenvalue weighted by Gasteiger charge is -2.32. The molecule has 1 fully saturated rings. The Hall–Kier alpha value is -2.53. The molecule has 198 valence electrons. The van der Waals surface area contributed by atoms with Gasteiger partial charge in [-0.05, 0) is 51.9 Å². The molecule has 1 saturated heterocycles. The van der Waals surface area contributed by atoms with Crippen molar-refractivity contribution in [3.05, 3.63) is 41.0 Å². The molecular weight excluding hydrogens is 474 g/mol. The average Bonchev–Trinajstić information content (AvgIpc) is 3.33. The van der Waals surface area contributed by atoms with Crippen LogP contribution in [0.1, 0.15) is 41.7 Å². The zero-order chi connectivity index (χ0) is 25.9. The molecule has 10 heteroatoms. The summed E-state index contributed by atoms with van der Waals surface area (Å²) in [5, 5.41) is 16.3. The summed E-state index contributed by atoms with van der Waals surface area (Å²) in [7, 11) is 5.63. The normalized spacial score (nSPS) is 15.4. The Balaban J connectivity index is 1.69. The first-order valence-corrected chi connectivity index (χ1v) is 13.5. The lowest BCUT2D eigenvalue weighted by molar-refractivity contribution is 0.0929. The van der Waals surface area contributed by atoms with E-state index in [-0.39, 0.29) is 11.9 Å². The number of anilines is 2. The zero-order valence-electron chi connectivity index (χ0n) is 22.0. The van der Waals surface area contributed by atoms with Crippen molar-refractivity contribution in [2.24, 2.45) is 0 Å². The number of likely N-dealkylation sites (N-methyl/N-ethyl adjacent to an activating group) is 1. The molecule has 1 amide bonds. The van der Waals surface area contributed by atoms with Crippen molar-refractivity contribution < 1.29 is 9.53 Å². The van der Waals surface area contributed by atoms with Gasteiger partial charge in [-0.25, -0.2) is 4.98 Å². The fourth-order valence-corrected chi connectivity index (χ4v) is 5.01. The second kappa shape index (κ2) is 14.3. The number of para-hydroxylation sites is 1. The lowest BCUT2D eigenvalue weighted by Crippen LogP contribution is -2.44. The summed E-state index contributed by atoms with van der Waals surface area (Å²) >= 11 is 1.28. The summed E-state index contributed by atoms with van der Waals surface area (Å²) < 4.78 is 5.11. The molecule has 0 bridgehead atoms. The van der Waals surface area contributed by atoms with Crippen molar-refractivity contribution in [3.63, 3.8) is 0 Å². The second-order valence-electron chi connectivity index (χ2n) is 9.29. The molecule has 2 aromatic rings. The maximum Gasteiger partial charge on any atom is 0.280 e. The van der Waals surface area contributed by atoms with Crippen molar-refractivity contribution in [1.29, 1.82) is 5.41 Å².